The van der Waals surface area contributed by atoms with Crippen molar-refractivity contribution in [3.63, 3.8) is 0 Å². The first-order chi connectivity index (χ1) is 9.89. The molecule has 1 aromatic carbocycles. The Kier molecular flexibility index (Phi) is 4.75. The van der Waals surface area contributed by atoms with E-state index in [0.717, 1.165) is 16.7 Å². The van der Waals surface area contributed by atoms with E-state index in [4.69, 9.17) is 5.73 Å². The van der Waals surface area contributed by atoms with Gasteiger partial charge in [-0.25, -0.2) is 8.42 Å². The Balaban J connectivity index is 2.22. The minimum Gasteiger partial charge on any atom is -0.325 e. The van der Waals surface area contributed by atoms with E-state index < -0.39 is 9.84 Å². The van der Waals surface area contributed by atoms with E-state index in [1.807, 2.05) is 32.0 Å². The molecule has 1 heterocycles. The van der Waals surface area contributed by atoms with Gasteiger partial charge >= 0.3 is 0 Å². The maximum atomic E-state index is 12.4. The van der Waals surface area contributed by atoms with Crippen LogP contribution in [0.1, 0.15) is 27.9 Å². The molecule has 21 heavy (non-hydrogen) atoms. The molecule has 2 N–H and O–H groups in total. The van der Waals surface area contributed by atoms with Crippen LogP contribution in [-0.2, 0) is 27.9 Å². The molecule has 0 amide bonds. The molecule has 0 bridgehead atoms. The third-order valence-corrected chi connectivity index (χ3v) is 4.75. The Bertz CT molecular complexity index is 719. The minimum atomic E-state index is -3.25. The fourth-order valence-corrected chi connectivity index (χ4v) is 3.99. The van der Waals surface area contributed by atoms with E-state index in [2.05, 4.69) is 4.98 Å². The van der Waals surface area contributed by atoms with Gasteiger partial charge in [-0.15, -0.1) is 0 Å². The van der Waals surface area contributed by atoms with Gasteiger partial charge in [0.1, 0.15) is 0 Å². The van der Waals surface area contributed by atoms with Crippen molar-refractivity contribution in [3.8, 4) is 0 Å². The van der Waals surface area contributed by atoms with E-state index in [9.17, 15) is 8.42 Å². The molecule has 0 atom stereocenters. The van der Waals surface area contributed by atoms with Gasteiger partial charge in [-0.2, -0.15) is 0 Å². The maximum Gasteiger partial charge on any atom is 0.158 e. The van der Waals surface area contributed by atoms with Crippen LogP contribution in [0, 0.1) is 13.8 Å². The van der Waals surface area contributed by atoms with Gasteiger partial charge in [0, 0.05) is 12.7 Å². The molecule has 0 aliphatic rings. The van der Waals surface area contributed by atoms with Crippen molar-refractivity contribution in [3.05, 3.63) is 64.5 Å². The number of sulfone groups is 1. The van der Waals surface area contributed by atoms with Crippen molar-refractivity contribution in [1.29, 1.82) is 0 Å². The molecule has 5 heteroatoms. The molecule has 0 unspecified atom stereocenters. The van der Waals surface area contributed by atoms with Gasteiger partial charge in [0.15, 0.2) is 9.84 Å². The molecule has 4 nitrogen and oxygen atoms in total. The summed E-state index contributed by atoms with van der Waals surface area (Å²) in [7, 11) is -3.25. The average molecular weight is 304 g/mol. The third kappa shape index (κ3) is 4.37. The van der Waals surface area contributed by atoms with Crippen LogP contribution >= 0.6 is 0 Å². The number of benzene rings is 1. The summed E-state index contributed by atoms with van der Waals surface area (Å²) < 4.78 is 24.8. The summed E-state index contributed by atoms with van der Waals surface area (Å²) in [5.74, 6) is 0.00872. The fourth-order valence-electron chi connectivity index (χ4n) is 2.48. The molecule has 0 aliphatic heterocycles. The zero-order valence-electron chi connectivity index (χ0n) is 12.3. The Morgan fingerprint density at radius 2 is 1.76 bits per heavy atom. The predicted molar refractivity (Wildman–Crippen MR) is 84.4 cm³/mol. The first kappa shape index (κ1) is 15.7. The topological polar surface area (TPSA) is 73.0 Å². The highest BCUT2D eigenvalue weighted by Gasteiger charge is 2.16. The molecule has 2 rings (SSSR count). The van der Waals surface area contributed by atoms with Crippen LogP contribution in [0.15, 0.2) is 36.5 Å². The average Bonchev–Trinajstić information content (AvgIpc) is 2.36. The highest BCUT2D eigenvalue weighted by Crippen LogP contribution is 2.16. The largest absolute Gasteiger partial charge is 0.325 e. The molecule has 1 aromatic heterocycles. The number of aromatic nitrogens is 1. The fraction of sp³-hybridized carbons (Fsp3) is 0.312. The highest BCUT2D eigenvalue weighted by molar-refractivity contribution is 7.89. The van der Waals surface area contributed by atoms with Gasteiger partial charge in [0.2, 0.25) is 0 Å². The summed E-state index contributed by atoms with van der Waals surface area (Å²) in [5, 5.41) is 0. The van der Waals surface area contributed by atoms with Crippen molar-refractivity contribution < 1.29 is 8.42 Å². The summed E-state index contributed by atoms with van der Waals surface area (Å²) in [6, 6.07) is 9.37. The van der Waals surface area contributed by atoms with Crippen LogP contribution in [-0.4, -0.2) is 13.4 Å². The van der Waals surface area contributed by atoms with Gasteiger partial charge in [-0.1, -0.05) is 35.4 Å². The number of nitrogens with zero attached hydrogens (tertiary/aromatic N) is 1. The Morgan fingerprint density at radius 1 is 1.10 bits per heavy atom. The number of hydrogen-bond acceptors (Lipinski definition) is 4. The van der Waals surface area contributed by atoms with E-state index >= 15 is 0 Å². The Morgan fingerprint density at radius 3 is 2.38 bits per heavy atom. The van der Waals surface area contributed by atoms with Gasteiger partial charge in [-0.3, -0.25) is 4.98 Å². The lowest BCUT2D eigenvalue weighted by atomic mass is 10.1. The van der Waals surface area contributed by atoms with Crippen molar-refractivity contribution in [2.24, 2.45) is 5.73 Å². The highest BCUT2D eigenvalue weighted by atomic mass is 32.2. The Hall–Kier alpha value is -1.72. The van der Waals surface area contributed by atoms with Crippen LogP contribution < -0.4 is 5.73 Å². The van der Waals surface area contributed by atoms with Gasteiger partial charge in [-0.05, 0) is 31.0 Å². The summed E-state index contributed by atoms with van der Waals surface area (Å²) in [6.07, 6.45) is 1.63. The van der Waals surface area contributed by atoms with Gasteiger partial charge in [0.25, 0.3) is 0 Å². The first-order valence-corrected chi connectivity index (χ1v) is 8.62. The molecule has 0 fully saturated rings. The molecular weight excluding hydrogens is 284 g/mol. The maximum absolute atomic E-state index is 12.4. The summed E-state index contributed by atoms with van der Waals surface area (Å²) >= 11 is 0. The lowest BCUT2D eigenvalue weighted by Crippen LogP contribution is -2.12. The first-order valence-electron chi connectivity index (χ1n) is 6.80. The predicted octanol–water partition coefficient (Wildman–Crippen LogP) is 2.27. The monoisotopic (exact) mass is 304 g/mol. The molecule has 0 radical (unpaired) electrons. The van der Waals surface area contributed by atoms with Gasteiger partial charge < -0.3 is 5.73 Å². The van der Waals surface area contributed by atoms with E-state index in [-0.39, 0.29) is 18.1 Å². The summed E-state index contributed by atoms with van der Waals surface area (Å²) in [5.41, 5.74) is 9.90. The number of rotatable bonds is 5. The molecular formula is C16H20N2O2S. The smallest absolute Gasteiger partial charge is 0.158 e. The number of aryl methyl sites for hydroxylation is 2. The quantitative estimate of drug-likeness (QED) is 0.919. The summed E-state index contributed by atoms with van der Waals surface area (Å²) in [4.78, 5) is 4.13. The zero-order valence-corrected chi connectivity index (χ0v) is 13.2. The SMILES string of the molecule is Cc1cc(C)cc(CS(=O)(=O)Cc2cccnc2CN)c1. The second kappa shape index (κ2) is 6.37. The molecule has 0 aliphatic carbocycles. The van der Waals surface area contributed by atoms with E-state index in [1.54, 1.807) is 18.3 Å². The van der Waals surface area contributed by atoms with Crippen LogP contribution in [0.5, 0.6) is 0 Å². The Labute approximate surface area is 125 Å². The second-order valence-corrected chi connectivity index (χ2v) is 7.41. The molecule has 0 spiro atoms. The normalized spacial score (nSPS) is 11.6. The van der Waals surface area contributed by atoms with Crippen LogP contribution in [0.2, 0.25) is 0 Å². The minimum absolute atomic E-state index is 0.0274. The lowest BCUT2D eigenvalue weighted by Gasteiger charge is -2.09. The van der Waals surface area contributed by atoms with Crippen molar-refractivity contribution >= 4 is 9.84 Å². The number of hydrogen-bond donors (Lipinski definition) is 1. The lowest BCUT2D eigenvalue weighted by molar-refractivity contribution is 0.594. The molecule has 2 aromatic rings. The third-order valence-electron chi connectivity index (χ3n) is 3.22. The van der Waals surface area contributed by atoms with E-state index in [1.165, 1.54) is 0 Å². The van der Waals surface area contributed by atoms with Crippen molar-refractivity contribution in [2.75, 3.05) is 0 Å². The van der Waals surface area contributed by atoms with Crippen LogP contribution in [0.3, 0.4) is 0 Å². The second-order valence-electron chi connectivity index (χ2n) is 5.34. The van der Waals surface area contributed by atoms with Crippen LogP contribution in [0.25, 0.3) is 0 Å². The van der Waals surface area contributed by atoms with Crippen molar-refractivity contribution in [1.82, 2.24) is 4.98 Å². The van der Waals surface area contributed by atoms with Crippen LogP contribution in [0.4, 0.5) is 0 Å². The molecule has 112 valence electrons. The molecule has 0 saturated heterocycles. The summed E-state index contributed by atoms with van der Waals surface area (Å²) in [6.45, 7) is 4.18. The van der Waals surface area contributed by atoms with E-state index in [0.29, 0.717) is 11.3 Å². The standard InChI is InChI=1S/C16H20N2O2S/c1-12-6-13(2)8-14(7-12)10-21(19,20)11-15-4-3-5-18-16(15)9-17/h3-8H,9-11,17H2,1-2H3. The zero-order chi connectivity index (χ0) is 15.5. The van der Waals surface area contributed by atoms with Crippen molar-refractivity contribution in [2.45, 2.75) is 31.9 Å². The van der Waals surface area contributed by atoms with Gasteiger partial charge in [0.05, 0.1) is 17.2 Å². The molecule has 0 saturated carbocycles. The number of nitrogens with two attached hydrogens (primary N) is 1. The number of pyridine rings is 1.